The minimum absolute atomic E-state index is 0.471. The van der Waals surface area contributed by atoms with Crippen LogP contribution in [0.2, 0.25) is 0 Å². The third-order valence-corrected chi connectivity index (χ3v) is 5.15. The molecule has 3 rings (SSSR count). The maximum Gasteiger partial charge on any atom is 0.209 e. The third kappa shape index (κ3) is 2.72. The van der Waals surface area contributed by atoms with Crippen LogP contribution in [-0.2, 0) is 0 Å². The van der Waals surface area contributed by atoms with Gasteiger partial charge in [0, 0.05) is 6.42 Å². The fourth-order valence-electron chi connectivity index (χ4n) is 3.84. The molecule has 0 bridgehead atoms. The molecule has 112 valence electrons. The van der Waals surface area contributed by atoms with Crippen LogP contribution in [0.25, 0.3) is 0 Å². The molecule has 0 amide bonds. The van der Waals surface area contributed by atoms with Gasteiger partial charge in [-0.25, -0.2) is 4.68 Å². The van der Waals surface area contributed by atoms with Crippen molar-refractivity contribution in [3.05, 3.63) is 5.82 Å². The number of hydrogen-bond acceptors (Lipinski definition) is 3. The average Bonchev–Trinajstić information content (AvgIpc) is 3.12. The molecule has 6 heteroatoms. The molecule has 6 nitrogen and oxygen atoms in total. The molecule has 0 spiro atoms. The summed E-state index contributed by atoms with van der Waals surface area (Å²) in [6.07, 6.45) is 6.27. The van der Waals surface area contributed by atoms with E-state index in [4.69, 9.17) is 0 Å². The molecule has 20 heavy (non-hydrogen) atoms. The van der Waals surface area contributed by atoms with Crippen LogP contribution < -0.4 is 9.80 Å². The van der Waals surface area contributed by atoms with Gasteiger partial charge in [-0.1, -0.05) is 19.8 Å². The van der Waals surface area contributed by atoms with Crippen molar-refractivity contribution >= 4 is 0 Å². The second-order valence-electron chi connectivity index (χ2n) is 6.50. The molecule has 2 heterocycles. The molecule has 1 aliphatic carbocycles. The Kier molecular flexibility index (Phi) is 4.31. The average molecular weight is 280 g/mol. The number of piperazine rings is 1. The lowest BCUT2D eigenvalue weighted by Crippen LogP contribution is -3.27. The van der Waals surface area contributed by atoms with Crippen LogP contribution in [-0.4, -0.2) is 53.4 Å². The molecule has 1 saturated heterocycles. The van der Waals surface area contributed by atoms with Crippen LogP contribution >= 0.6 is 0 Å². The fourth-order valence-corrected chi connectivity index (χ4v) is 3.84. The van der Waals surface area contributed by atoms with E-state index in [0.717, 1.165) is 12.2 Å². The summed E-state index contributed by atoms with van der Waals surface area (Å²) in [6.45, 7) is 7.27. The molecular formula is C14H28N6+2. The molecule has 1 aliphatic heterocycles. The minimum atomic E-state index is 0.471. The molecule has 2 N–H and O–H groups in total. The van der Waals surface area contributed by atoms with Gasteiger partial charge in [0.1, 0.15) is 32.2 Å². The van der Waals surface area contributed by atoms with Crippen LogP contribution in [0.3, 0.4) is 0 Å². The lowest BCUT2D eigenvalue weighted by molar-refractivity contribution is -1.02. The summed E-state index contributed by atoms with van der Waals surface area (Å²) in [7, 11) is 2.29. The Labute approximate surface area is 121 Å². The molecule has 1 atom stereocenters. The predicted molar refractivity (Wildman–Crippen MR) is 75.7 cm³/mol. The Bertz CT molecular complexity index is 417. The second-order valence-corrected chi connectivity index (χ2v) is 6.50. The maximum atomic E-state index is 4.40. The first-order chi connectivity index (χ1) is 9.79. The summed E-state index contributed by atoms with van der Waals surface area (Å²) in [4.78, 5) is 3.33. The summed E-state index contributed by atoms with van der Waals surface area (Å²) in [5.41, 5.74) is 0. The van der Waals surface area contributed by atoms with Gasteiger partial charge in [0.05, 0.1) is 13.1 Å². The van der Waals surface area contributed by atoms with Crippen LogP contribution in [0, 0.1) is 0 Å². The molecule has 1 aromatic rings. The van der Waals surface area contributed by atoms with Crippen LogP contribution in [0.5, 0.6) is 0 Å². The first-order valence-electron chi connectivity index (χ1n) is 8.23. The quantitative estimate of drug-likeness (QED) is 0.717. The lowest BCUT2D eigenvalue weighted by Gasteiger charge is -2.32. The zero-order chi connectivity index (χ0) is 13.9. The highest BCUT2D eigenvalue weighted by atomic mass is 15.6. The Balaban J connectivity index is 1.77. The van der Waals surface area contributed by atoms with Gasteiger partial charge in [0.25, 0.3) is 0 Å². The number of hydrogen-bond donors (Lipinski definition) is 2. The van der Waals surface area contributed by atoms with Crippen molar-refractivity contribution in [3.8, 4) is 0 Å². The minimum Gasteiger partial charge on any atom is -0.328 e. The van der Waals surface area contributed by atoms with Crippen LogP contribution in [0.1, 0.15) is 56.9 Å². The highest BCUT2D eigenvalue weighted by Crippen LogP contribution is 2.30. The molecule has 0 radical (unpaired) electrons. The zero-order valence-electron chi connectivity index (χ0n) is 12.8. The topological polar surface area (TPSA) is 52.5 Å². The van der Waals surface area contributed by atoms with Crippen molar-refractivity contribution < 1.29 is 9.80 Å². The molecule has 2 aliphatic rings. The van der Waals surface area contributed by atoms with Gasteiger partial charge < -0.3 is 9.80 Å². The van der Waals surface area contributed by atoms with E-state index in [1.807, 2.05) is 0 Å². The smallest absolute Gasteiger partial charge is 0.209 e. The second kappa shape index (κ2) is 6.18. The lowest BCUT2D eigenvalue weighted by atomic mass is 10.1. The van der Waals surface area contributed by atoms with E-state index in [-0.39, 0.29) is 0 Å². The van der Waals surface area contributed by atoms with E-state index in [0.29, 0.717) is 12.1 Å². The maximum absolute atomic E-state index is 4.40. The van der Waals surface area contributed by atoms with E-state index in [1.54, 1.807) is 9.80 Å². The Morgan fingerprint density at radius 3 is 2.55 bits per heavy atom. The summed E-state index contributed by atoms with van der Waals surface area (Å²) < 4.78 is 2.15. The van der Waals surface area contributed by atoms with Crippen molar-refractivity contribution in [2.75, 3.05) is 33.2 Å². The largest absolute Gasteiger partial charge is 0.328 e. The van der Waals surface area contributed by atoms with Crippen molar-refractivity contribution in [1.29, 1.82) is 0 Å². The van der Waals surface area contributed by atoms with Crippen LogP contribution in [0.15, 0.2) is 0 Å². The number of quaternary nitrogens is 2. The van der Waals surface area contributed by atoms with E-state index in [2.05, 4.69) is 34.2 Å². The molecule has 2 fully saturated rings. The van der Waals surface area contributed by atoms with Gasteiger partial charge in [-0.15, -0.1) is 5.10 Å². The standard InChI is InChI=1S/C14H26N6/c1-3-13(19-10-8-18(2)9-11-19)14-15-16-17-20(14)12-6-4-5-7-12/h12-13H,3-11H2,1-2H3/p+2/t13-/m0/s1. The van der Waals surface area contributed by atoms with Crippen molar-refractivity contribution in [1.82, 2.24) is 20.2 Å². The van der Waals surface area contributed by atoms with Gasteiger partial charge in [0.15, 0.2) is 0 Å². The summed E-state index contributed by atoms with van der Waals surface area (Å²) >= 11 is 0. The van der Waals surface area contributed by atoms with Gasteiger partial charge in [-0.05, 0) is 23.3 Å². The Morgan fingerprint density at radius 1 is 1.20 bits per heavy atom. The first kappa shape index (κ1) is 13.9. The van der Waals surface area contributed by atoms with Crippen molar-refractivity contribution in [2.45, 2.75) is 51.1 Å². The van der Waals surface area contributed by atoms with Gasteiger partial charge in [-0.2, -0.15) is 0 Å². The van der Waals surface area contributed by atoms with Crippen molar-refractivity contribution in [2.24, 2.45) is 0 Å². The summed E-state index contributed by atoms with van der Waals surface area (Å²) in [6, 6.07) is 1.02. The number of tetrazole rings is 1. The normalized spacial score (nSPS) is 29.7. The van der Waals surface area contributed by atoms with Crippen LogP contribution in [0.4, 0.5) is 0 Å². The number of likely N-dealkylation sites (N-methyl/N-ethyl adjacent to an activating group) is 1. The van der Waals surface area contributed by atoms with E-state index >= 15 is 0 Å². The van der Waals surface area contributed by atoms with E-state index < -0.39 is 0 Å². The number of rotatable bonds is 4. The van der Waals surface area contributed by atoms with E-state index in [9.17, 15) is 0 Å². The summed E-state index contributed by atoms with van der Waals surface area (Å²) in [5.74, 6) is 1.13. The molecule has 0 aromatic carbocycles. The fraction of sp³-hybridized carbons (Fsp3) is 0.929. The highest BCUT2D eigenvalue weighted by Gasteiger charge is 2.33. The number of nitrogens with one attached hydrogen (secondary N) is 2. The van der Waals surface area contributed by atoms with Gasteiger partial charge in [-0.3, -0.25) is 0 Å². The number of nitrogens with zero attached hydrogens (tertiary/aromatic N) is 4. The SMILES string of the molecule is CC[C@@H](c1nnnn1C1CCCC1)[NH+]1CC[NH+](C)CC1. The third-order valence-electron chi connectivity index (χ3n) is 5.15. The summed E-state index contributed by atoms with van der Waals surface area (Å²) in [5, 5.41) is 12.7. The van der Waals surface area contributed by atoms with Gasteiger partial charge in [0.2, 0.25) is 5.82 Å². The van der Waals surface area contributed by atoms with Gasteiger partial charge >= 0.3 is 0 Å². The highest BCUT2D eigenvalue weighted by molar-refractivity contribution is 4.91. The Morgan fingerprint density at radius 2 is 1.90 bits per heavy atom. The first-order valence-corrected chi connectivity index (χ1v) is 8.23. The van der Waals surface area contributed by atoms with Crippen molar-refractivity contribution in [3.63, 3.8) is 0 Å². The van der Waals surface area contributed by atoms with E-state index in [1.165, 1.54) is 51.9 Å². The molecule has 1 aromatic heterocycles. The predicted octanol–water partition coefficient (Wildman–Crippen LogP) is -1.35. The Hall–Kier alpha value is -1.01. The monoisotopic (exact) mass is 280 g/mol. The number of aromatic nitrogens is 4. The molecule has 0 unspecified atom stereocenters. The molecule has 1 saturated carbocycles. The zero-order valence-corrected chi connectivity index (χ0v) is 12.8. The molecular weight excluding hydrogens is 252 g/mol.